The van der Waals surface area contributed by atoms with Gasteiger partial charge in [-0.1, -0.05) is 183 Å². The van der Waals surface area contributed by atoms with Crippen LogP contribution in [0.1, 0.15) is 224 Å². The van der Waals surface area contributed by atoms with Gasteiger partial charge in [-0.3, -0.25) is 29.1 Å². The Hall–Kier alpha value is -3.50. The number of hydrogen-bond donors (Lipinski definition) is 9. The van der Waals surface area contributed by atoms with Gasteiger partial charge in [0.05, 0.1) is 33.0 Å². The summed E-state index contributed by atoms with van der Waals surface area (Å²) >= 11 is 1.75. The second-order valence-electron chi connectivity index (χ2n) is 16.2. The van der Waals surface area contributed by atoms with Crippen LogP contribution < -0.4 is 31.7 Å². The molecule has 0 aliphatic heterocycles. The quantitative estimate of drug-likeness (QED) is 0.0156. The van der Waals surface area contributed by atoms with Crippen LogP contribution >= 0.6 is 21.2 Å². The SMILES string of the molecule is C#C.C=C(COCCNCCNC(=O)CCC(NC(=O)CCCCCCCCCCCCCCCCC(=O)O)C(=O)O)NCCOCCOCC(=O)NCCCCC(NP)C(=O)O.CC.CC.CC.CC.CC.CCC.CSC. The third-order valence-corrected chi connectivity index (χ3v) is 10.0. The standard InChI is InChI=1S/C42H79N6O12P.C3H8.C2H6S.5C2H6.C2H2/c1-34(44-27-29-58-30-31-60-33-39(51)45-23-17-16-18-36(48-61)42(56)57)32-59-28-26-43-24-25-46-37(49)22-21-35(41(54)55)47-38(50)19-14-12-10-8-6-4-2-3-5-7-9-11-13-15-20-40(52)53;2*1-3-2;6*1-2/h35-36,43-44,48H,1-33,61H2,(H,45,51)(H,46,49)(H,47,50)(H,52,53)(H,54,55)(H,56,57);3H2,1-2H3;1-2H3;5*1-2H3;1-2H. The minimum atomic E-state index is -1.16. The summed E-state index contributed by atoms with van der Waals surface area (Å²) in [6.45, 7) is 32.3. The summed E-state index contributed by atoms with van der Waals surface area (Å²) in [5.41, 5.74) is 0.698. The summed E-state index contributed by atoms with van der Waals surface area (Å²) in [5, 5.41) is 44.1. The molecule has 0 aromatic heterocycles. The van der Waals surface area contributed by atoms with Crippen LogP contribution in [-0.4, -0.2) is 148 Å². The average Bonchev–Trinajstić information content (AvgIpc) is 3.45. The number of carboxylic acid groups (broad SMARTS) is 3. The summed E-state index contributed by atoms with van der Waals surface area (Å²) in [7, 11) is 2.20. The zero-order valence-electron chi connectivity index (χ0n) is 52.9. The third kappa shape index (κ3) is 94.1. The number of ether oxygens (including phenoxy) is 3. The maximum absolute atomic E-state index is 12.3. The van der Waals surface area contributed by atoms with E-state index in [1.807, 2.05) is 81.7 Å². The van der Waals surface area contributed by atoms with E-state index in [4.69, 9.17) is 24.4 Å². The van der Waals surface area contributed by atoms with Crippen molar-refractivity contribution in [3.8, 4) is 12.8 Å². The van der Waals surface area contributed by atoms with Crippen LogP contribution in [0.3, 0.4) is 0 Å². The minimum absolute atomic E-state index is 0.0132. The Balaban J connectivity index is -0.000000346. The topological polar surface area (TPSA) is 263 Å². The number of amides is 3. The maximum atomic E-state index is 12.3. The highest BCUT2D eigenvalue weighted by molar-refractivity contribution is 7.97. The Morgan fingerprint density at radius 2 is 0.899 bits per heavy atom. The van der Waals surface area contributed by atoms with Crippen molar-refractivity contribution < 1.29 is 58.3 Å². The lowest BCUT2D eigenvalue weighted by Crippen LogP contribution is -2.42. The number of nitrogens with one attached hydrogen (secondary N) is 6. The first kappa shape index (κ1) is 94.8. The predicted octanol–water partition coefficient (Wildman–Crippen LogP) is 11.4. The Labute approximate surface area is 491 Å². The molecule has 3 unspecified atom stereocenters. The molecule has 20 heteroatoms. The number of carboxylic acids is 3. The molecule has 0 spiro atoms. The lowest BCUT2D eigenvalue weighted by molar-refractivity contribution is -0.142. The monoisotopic (exact) mass is 1170 g/mol. The Kier molecular flexibility index (Phi) is 109. The van der Waals surface area contributed by atoms with Crippen molar-refractivity contribution >= 4 is 56.8 Å². The van der Waals surface area contributed by atoms with Crippen molar-refractivity contribution in [1.82, 2.24) is 31.7 Å². The van der Waals surface area contributed by atoms with E-state index >= 15 is 0 Å². The van der Waals surface area contributed by atoms with Gasteiger partial charge in [-0.2, -0.15) is 11.8 Å². The fourth-order valence-corrected chi connectivity index (χ4v) is 6.40. The van der Waals surface area contributed by atoms with E-state index in [2.05, 4.69) is 74.3 Å². The van der Waals surface area contributed by atoms with Crippen molar-refractivity contribution in [1.29, 1.82) is 0 Å². The number of rotatable bonds is 46. The first-order valence-electron chi connectivity index (χ1n) is 29.8. The summed E-state index contributed by atoms with van der Waals surface area (Å²) < 4.78 is 16.4. The molecule has 0 saturated carbocycles. The maximum Gasteiger partial charge on any atom is 0.326 e. The highest BCUT2D eigenvalue weighted by Gasteiger charge is 2.21. The van der Waals surface area contributed by atoms with E-state index in [9.17, 15) is 33.9 Å². The van der Waals surface area contributed by atoms with Crippen molar-refractivity contribution in [3.63, 3.8) is 0 Å². The molecule has 0 heterocycles. The molecule has 3 amide bonds. The van der Waals surface area contributed by atoms with Crippen molar-refractivity contribution in [2.45, 2.75) is 236 Å². The van der Waals surface area contributed by atoms with E-state index < -0.39 is 30.0 Å². The first-order valence-corrected chi connectivity index (χ1v) is 32.1. The van der Waals surface area contributed by atoms with Gasteiger partial charge in [0.25, 0.3) is 0 Å². The average molecular weight is 1170 g/mol. The third-order valence-electron chi connectivity index (χ3n) is 9.63. The second-order valence-corrected chi connectivity index (χ2v) is 17.4. The van der Waals surface area contributed by atoms with Crippen LogP contribution in [0.4, 0.5) is 0 Å². The summed E-state index contributed by atoms with van der Waals surface area (Å²) in [4.78, 5) is 69.5. The van der Waals surface area contributed by atoms with Gasteiger partial charge >= 0.3 is 17.9 Å². The zero-order chi connectivity index (χ0) is 62.6. The molecule has 0 saturated heterocycles. The lowest BCUT2D eigenvalue weighted by atomic mass is 10.0. The van der Waals surface area contributed by atoms with E-state index in [0.29, 0.717) is 90.5 Å². The highest BCUT2D eigenvalue weighted by atomic mass is 32.2. The Morgan fingerprint density at radius 3 is 1.35 bits per heavy atom. The van der Waals surface area contributed by atoms with Gasteiger partial charge in [0.15, 0.2) is 0 Å². The molecule has 9 N–H and O–H groups in total. The number of unbranched alkanes of at least 4 members (excludes halogenated alkanes) is 14. The van der Waals surface area contributed by atoms with Crippen molar-refractivity contribution in [2.24, 2.45) is 0 Å². The van der Waals surface area contributed by atoms with Gasteiger partial charge < -0.3 is 56.1 Å². The fraction of sp³-hybridized carbons (Fsp3) is 0.831. The largest absolute Gasteiger partial charge is 0.481 e. The van der Waals surface area contributed by atoms with E-state index in [0.717, 1.165) is 38.5 Å². The number of terminal acetylenes is 1. The van der Waals surface area contributed by atoms with Gasteiger partial charge in [0.1, 0.15) is 18.7 Å². The summed E-state index contributed by atoms with van der Waals surface area (Å²) in [6, 6.07) is -1.72. The van der Waals surface area contributed by atoms with Gasteiger partial charge in [-0.15, -0.1) is 12.8 Å². The highest BCUT2D eigenvalue weighted by Crippen LogP contribution is 2.14. The number of hydrogen-bond acceptors (Lipinski definition) is 13. The van der Waals surface area contributed by atoms with Crippen molar-refractivity contribution in [2.75, 3.05) is 84.9 Å². The molecule has 0 aromatic carbocycles. The smallest absolute Gasteiger partial charge is 0.326 e. The van der Waals surface area contributed by atoms with Crippen molar-refractivity contribution in [3.05, 3.63) is 12.3 Å². The van der Waals surface area contributed by atoms with E-state index in [1.54, 1.807) is 11.8 Å². The van der Waals surface area contributed by atoms with Crippen LogP contribution in [0.15, 0.2) is 12.3 Å². The number of aliphatic carboxylic acids is 3. The Bertz CT molecular complexity index is 1290. The van der Waals surface area contributed by atoms with Gasteiger partial charge in [-0.25, -0.2) is 4.79 Å². The molecule has 0 bridgehead atoms. The molecule has 0 aromatic rings. The molecule has 3 atom stereocenters. The molecular weight excluding hydrogens is 1050 g/mol. The zero-order valence-corrected chi connectivity index (χ0v) is 54.8. The molecule has 0 rings (SSSR count). The molecule has 79 heavy (non-hydrogen) atoms. The van der Waals surface area contributed by atoms with Crippen LogP contribution in [0.5, 0.6) is 0 Å². The molecule has 0 aliphatic rings. The molecule has 474 valence electrons. The molecule has 0 fully saturated rings. The number of carbonyl (C=O) groups is 6. The minimum Gasteiger partial charge on any atom is -0.481 e. The second kappa shape index (κ2) is 91.0. The van der Waals surface area contributed by atoms with Gasteiger partial charge in [-0.05, 0) is 51.0 Å². The lowest BCUT2D eigenvalue weighted by Gasteiger charge is -2.14. The van der Waals surface area contributed by atoms with Crippen LogP contribution in [0.2, 0.25) is 0 Å². The Morgan fingerprint density at radius 1 is 0.481 bits per heavy atom. The molecule has 0 aliphatic carbocycles. The van der Waals surface area contributed by atoms with Gasteiger partial charge in [0.2, 0.25) is 17.7 Å². The predicted molar refractivity (Wildman–Crippen MR) is 339 cm³/mol. The number of thioether (sulfide) groups is 1. The number of carbonyl (C=O) groups excluding carboxylic acids is 3. The van der Waals surface area contributed by atoms with Crippen LogP contribution in [0, 0.1) is 12.8 Å². The van der Waals surface area contributed by atoms with Gasteiger partial charge in [0, 0.05) is 57.7 Å². The first-order chi connectivity index (χ1) is 38.3. The molecule has 0 radical (unpaired) electrons. The summed E-state index contributed by atoms with van der Waals surface area (Å²) in [5.74, 6) is -3.60. The van der Waals surface area contributed by atoms with E-state index in [1.165, 1.54) is 51.4 Å². The van der Waals surface area contributed by atoms with Crippen LogP contribution in [0.25, 0.3) is 0 Å². The molecular formula is C59H125N6O12PS. The normalized spacial score (nSPS) is 10.1. The molecule has 18 nitrogen and oxygen atoms in total. The summed E-state index contributed by atoms with van der Waals surface area (Å²) in [6.07, 6.45) is 30.9. The fourth-order valence-electron chi connectivity index (χ4n) is 6.09. The van der Waals surface area contributed by atoms with E-state index in [-0.39, 0.29) is 56.6 Å². The van der Waals surface area contributed by atoms with Crippen LogP contribution in [-0.2, 0) is 43.0 Å².